The average molecular weight is 874 g/mol. The van der Waals surface area contributed by atoms with Crippen LogP contribution in [0.5, 0.6) is 23.0 Å². The molecule has 2 fully saturated rings. The van der Waals surface area contributed by atoms with Gasteiger partial charge in [0.05, 0.1) is 34.2 Å². The molecule has 0 bridgehead atoms. The number of carbonyl (C=O) groups is 2. The van der Waals surface area contributed by atoms with Crippen LogP contribution < -0.4 is 24.0 Å². The van der Waals surface area contributed by atoms with Crippen molar-refractivity contribution in [1.82, 2.24) is 29.4 Å². The Morgan fingerprint density at radius 2 is 1.05 bits per heavy atom. The highest BCUT2D eigenvalue weighted by molar-refractivity contribution is 6.36. The van der Waals surface area contributed by atoms with Gasteiger partial charge in [0.2, 0.25) is 0 Å². The van der Waals surface area contributed by atoms with Crippen LogP contribution in [-0.4, -0.2) is 60.2 Å². The molecular formula is C51H42Cl2N6O4+2. The highest BCUT2D eigenvalue weighted by Crippen LogP contribution is 2.46. The molecule has 6 aromatic carbocycles. The zero-order chi connectivity index (χ0) is 43.5. The highest BCUT2D eigenvalue weighted by Gasteiger charge is 2.70. The first-order valence-electron chi connectivity index (χ1n) is 20.7. The van der Waals surface area contributed by atoms with Gasteiger partial charge >= 0.3 is 12.1 Å². The molecule has 2 aromatic heterocycles. The summed E-state index contributed by atoms with van der Waals surface area (Å²) in [5, 5.41) is 6.15. The minimum atomic E-state index is -0.320. The molecule has 10 rings (SSSR count). The van der Waals surface area contributed by atoms with Gasteiger partial charge in [-0.1, -0.05) is 83.9 Å². The highest BCUT2D eigenvalue weighted by atomic mass is 35.5. The number of quaternary nitrogens is 2. The number of benzene rings is 6. The van der Waals surface area contributed by atoms with E-state index in [-0.39, 0.29) is 21.2 Å². The molecule has 2 saturated heterocycles. The molecule has 0 aliphatic carbocycles. The van der Waals surface area contributed by atoms with Gasteiger partial charge in [0.25, 0.3) is 0 Å². The largest absolute Gasteiger partial charge is 0.473 e. The molecule has 0 spiro atoms. The summed E-state index contributed by atoms with van der Waals surface area (Å²) >= 11 is 13.1. The number of fused-ring (bicyclic) bond motifs is 2. The fourth-order valence-electron chi connectivity index (χ4n) is 9.44. The molecule has 2 aliphatic rings. The summed E-state index contributed by atoms with van der Waals surface area (Å²) in [7, 11) is 1.78. The van der Waals surface area contributed by atoms with Gasteiger partial charge in [-0.25, -0.2) is 9.59 Å². The van der Waals surface area contributed by atoms with E-state index in [1.807, 2.05) is 160 Å². The number of para-hydroxylation sites is 2. The number of ether oxygens (including phenoxy) is 2. The van der Waals surface area contributed by atoms with E-state index in [4.69, 9.17) is 32.7 Å². The number of hydrogen-bond acceptors (Lipinski definition) is 6. The number of rotatable bonds is 9. The smallest absolute Gasteiger partial charge is 0.457 e. The Labute approximate surface area is 374 Å². The molecule has 2 aliphatic heterocycles. The first-order chi connectivity index (χ1) is 30.6. The number of hydrogen-bond donors (Lipinski definition) is 1. The summed E-state index contributed by atoms with van der Waals surface area (Å²) in [5.74, 6) is 2.27. The third-order valence-corrected chi connectivity index (χ3v) is 12.9. The molecule has 10 nitrogen and oxygen atoms in total. The van der Waals surface area contributed by atoms with Gasteiger partial charge in [0, 0.05) is 54.5 Å². The summed E-state index contributed by atoms with van der Waals surface area (Å²) in [4.78, 5) is 40.4. The maximum absolute atomic E-state index is 14.9. The van der Waals surface area contributed by atoms with E-state index >= 15 is 0 Å². The minimum absolute atomic E-state index is 0.205. The van der Waals surface area contributed by atoms with Crippen LogP contribution >= 0.6 is 23.2 Å². The van der Waals surface area contributed by atoms with Crippen LogP contribution in [0.3, 0.4) is 0 Å². The third-order valence-electron chi connectivity index (χ3n) is 12.3. The molecule has 2 atom stereocenters. The number of halogens is 2. The van der Waals surface area contributed by atoms with Crippen LogP contribution in [-0.2, 0) is 0 Å². The van der Waals surface area contributed by atoms with E-state index in [1.54, 1.807) is 11.9 Å². The molecule has 1 N–H and O–H groups in total. The Hall–Kier alpha value is -6.82. The second kappa shape index (κ2) is 15.8. The van der Waals surface area contributed by atoms with E-state index in [2.05, 4.69) is 15.3 Å². The van der Waals surface area contributed by atoms with Gasteiger partial charge in [0.1, 0.15) is 23.0 Å². The zero-order valence-electron chi connectivity index (χ0n) is 34.8. The van der Waals surface area contributed by atoms with Crippen molar-refractivity contribution < 1.29 is 19.1 Å². The lowest BCUT2D eigenvalue weighted by Gasteiger charge is -2.42. The molecular weight excluding hydrogens is 832 g/mol. The van der Waals surface area contributed by atoms with Crippen LogP contribution in [0.4, 0.5) is 21.0 Å². The lowest BCUT2D eigenvalue weighted by molar-refractivity contribution is 0.0867. The van der Waals surface area contributed by atoms with Crippen molar-refractivity contribution in [3.05, 3.63) is 167 Å². The molecule has 8 aromatic rings. The first-order valence-corrected chi connectivity index (χ1v) is 21.5. The fraction of sp³-hybridized carbons (Fsp3) is 0.137. The minimum Gasteiger partial charge on any atom is -0.457 e. The number of nitrogens with one attached hydrogen (secondary N) is 1. The average Bonchev–Trinajstić information content (AvgIpc) is 3.82. The standard InChI is InChI=1S/C51H41Cl2N6O4/c1-32-30-55-48-42(18-8-20-44(48)52)46(32)34-10-4-14-38(26-34)62-40-16-6-12-36(28-40)58(24-22-54-50(58)60)59(25-23-57(3)51(59)61)37-13-7-17-41(29-37)63-39-15-5-11-35(27-39)47-33(2)31-56-49-43(47)19-9-21-45(49)53/h4-21,26-31H,22-25H2,1-3H3/q+1/p+1. The quantitative estimate of drug-likeness (QED) is 0.145. The van der Waals surface area contributed by atoms with Gasteiger partial charge in [-0.2, -0.15) is 0 Å². The normalized spacial score (nSPS) is 18.6. The lowest BCUT2D eigenvalue weighted by Crippen LogP contribution is -2.78. The molecule has 312 valence electrons. The summed E-state index contributed by atoms with van der Waals surface area (Å²) in [6.45, 7) is 5.55. The van der Waals surface area contributed by atoms with Gasteiger partial charge in [0.15, 0.2) is 24.5 Å². The van der Waals surface area contributed by atoms with E-state index in [0.717, 1.165) is 55.2 Å². The topological polar surface area (TPSA) is 93.7 Å². The second-order valence-electron chi connectivity index (χ2n) is 16.1. The fourth-order valence-corrected chi connectivity index (χ4v) is 9.89. The van der Waals surface area contributed by atoms with E-state index in [1.165, 1.54) is 0 Å². The summed E-state index contributed by atoms with van der Waals surface area (Å²) in [6.07, 6.45) is 3.67. The Kier molecular flexibility index (Phi) is 10.1. The maximum Gasteiger partial charge on any atom is 0.473 e. The van der Waals surface area contributed by atoms with Crippen molar-refractivity contribution >= 4 is 68.4 Å². The van der Waals surface area contributed by atoms with E-state index in [0.29, 0.717) is 70.6 Å². The number of pyridine rings is 2. The van der Waals surface area contributed by atoms with Crippen LogP contribution in [0.25, 0.3) is 44.1 Å². The van der Waals surface area contributed by atoms with Crippen molar-refractivity contribution in [3.63, 3.8) is 0 Å². The van der Waals surface area contributed by atoms with Crippen molar-refractivity contribution in [1.29, 1.82) is 0 Å². The van der Waals surface area contributed by atoms with Crippen LogP contribution in [0.15, 0.2) is 146 Å². The first kappa shape index (κ1) is 40.3. The number of urea groups is 2. The summed E-state index contributed by atoms with van der Waals surface area (Å²) in [5.41, 5.74) is 8.67. The zero-order valence-corrected chi connectivity index (χ0v) is 36.3. The SMILES string of the molecule is Cc1cnc2c(Cl)cccc2c1-c1cccc(Oc2cccc([N+]3([N+]4(c5cccc(Oc6cccc(-c7c(C)cnc8c(Cl)cccc78)c6)c5)CCN(C)C4=O)CCNC3=O)c2)c1. The van der Waals surface area contributed by atoms with Crippen LogP contribution in [0, 0.1) is 13.8 Å². The van der Waals surface area contributed by atoms with Crippen LogP contribution in [0.1, 0.15) is 11.1 Å². The molecule has 12 heteroatoms. The monoisotopic (exact) mass is 872 g/mol. The van der Waals surface area contributed by atoms with Gasteiger partial charge in [-0.3, -0.25) is 20.2 Å². The number of aromatic nitrogens is 2. The molecule has 0 saturated carbocycles. The summed E-state index contributed by atoms with van der Waals surface area (Å²) in [6, 6.07) is 41.9. The Morgan fingerprint density at radius 3 is 1.51 bits per heavy atom. The Bertz CT molecular complexity index is 3160. The van der Waals surface area contributed by atoms with Crippen molar-refractivity contribution in [2.24, 2.45) is 0 Å². The number of likely N-dealkylation sites (N-methyl/N-ethyl adjacent to an activating group) is 1. The number of nitrogens with zero attached hydrogens (tertiary/aromatic N) is 5. The van der Waals surface area contributed by atoms with Gasteiger partial charge in [-0.15, -0.1) is 0 Å². The predicted octanol–water partition coefficient (Wildman–Crippen LogP) is 12.6. The van der Waals surface area contributed by atoms with E-state index in [9.17, 15) is 9.59 Å². The predicted molar refractivity (Wildman–Crippen MR) is 252 cm³/mol. The number of carbonyl (C=O) groups excluding carboxylic acids is 2. The van der Waals surface area contributed by atoms with E-state index < -0.39 is 0 Å². The number of amides is 4. The lowest BCUT2D eigenvalue weighted by atomic mass is 9.97. The second-order valence-corrected chi connectivity index (χ2v) is 16.9. The molecule has 4 heterocycles. The Morgan fingerprint density at radius 1 is 0.587 bits per heavy atom. The van der Waals surface area contributed by atoms with Gasteiger partial charge < -0.3 is 9.47 Å². The maximum atomic E-state index is 14.9. The molecule has 0 radical (unpaired) electrons. The molecule has 63 heavy (non-hydrogen) atoms. The Balaban J connectivity index is 1.02. The third kappa shape index (κ3) is 6.65. The molecule has 4 amide bonds. The summed E-state index contributed by atoms with van der Waals surface area (Å²) < 4.78 is 12.6. The van der Waals surface area contributed by atoms with Crippen molar-refractivity contribution in [3.8, 4) is 45.3 Å². The molecule has 2 unspecified atom stereocenters. The van der Waals surface area contributed by atoms with Gasteiger partial charge in [-0.05, 0) is 105 Å². The van der Waals surface area contributed by atoms with Crippen LogP contribution in [0.2, 0.25) is 10.0 Å². The number of aryl methyl sites for hydroxylation is 2. The van der Waals surface area contributed by atoms with Crippen molar-refractivity contribution in [2.45, 2.75) is 13.8 Å². The van der Waals surface area contributed by atoms with Crippen molar-refractivity contribution in [2.75, 3.05) is 33.2 Å².